The Bertz CT molecular complexity index is 235. The average molecular weight is 183 g/mol. The van der Waals surface area contributed by atoms with E-state index in [-0.39, 0.29) is 12.5 Å². The van der Waals surface area contributed by atoms with Gasteiger partial charge in [0.2, 0.25) is 0 Å². The van der Waals surface area contributed by atoms with Crippen molar-refractivity contribution in [1.29, 1.82) is 0 Å². The quantitative estimate of drug-likeness (QED) is 0.456. The van der Waals surface area contributed by atoms with Gasteiger partial charge in [-0.1, -0.05) is 6.08 Å². The van der Waals surface area contributed by atoms with E-state index in [1.54, 1.807) is 0 Å². The summed E-state index contributed by atoms with van der Waals surface area (Å²) < 4.78 is 4.53. The van der Waals surface area contributed by atoms with Gasteiger partial charge in [0.05, 0.1) is 13.7 Å². The first-order chi connectivity index (χ1) is 6.26. The van der Waals surface area contributed by atoms with Crippen molar-refractivity contribution in [3.8, 4) is 0 Å². The van der Waals surface area contributed by atoms with Crippen LogP contribution in [0.5, 0.6) is 0 Å². The molecule has 0 N–H and O–H groups in total. The van der Waals surface area contributed by atoms with Crippen LogP contribution in [0.25, 0.3) is 0 Å². The Morgan fingerprint density at radius 3 is 3.15 bits per heavy atom. The summed E-state index contributed by atoms with van der Waals surface area (Å²) in [6.45, 7) is 1.63. The Labute approximate surface area is 77.2 Å². The molecule has 0 radical (unpaired) electrons. The molecular weight excluding hydrogens is 170 g/mol. The summed E-state index contributed by atoms with van der Waals surface area (Å²) in [4.78, 5) is 23.3. The smallest absolute Gasteiger partial charge is 0.319 e. The molecule has 0 fully saturated rings. The van der Waals surface area contributed by atoms with E-state index < -0.39 is 0 Å². The molecule has 0 aliphatic carbocycles. The molecule has 1 aliphatic rings. The van der Waals surface area contributed by atoms with Gasteiger partial charge >= 0.3 is 5.97 Å². The van der Waals surface area contributed by atoms with Gasteiger partial charge in [0.1, 0.15) is 6.29 Å². The van der Waals surface area contributed by atoms with Gasteiger partial charge in [-0.2, -0.15) is 0 Å². The fourth-order valence-electron chi connectivity index (χ4n) is 1.30. The van der Waals surface area contributed by atoms with Crippen molar-refractivity contribution in [2.45, 2.75) is 6.42 Å². The molecule has 0 bridgehead atoms. The van der Waals surface area contributed by atoms with E-state index in [1.807, 2.05) is 11.0 Å². The van der Waals surface area contributed by atoms with Crippen molar-refractivity contribution in [3.63, 3.8) is 0 Å². The molecule has 0 saturated carbocycles. The molecule has 0 spiro atoms. The molecule has 1 aliphatic heterocycles. The lowest BCUT2D eigenvalue weighted by Crippen LogP contribution is -2.35. The highest BCUT2D eigenvalue weighted by Crippen LogP contribution is 2.06. The van der Waals surface area contributed by atoms with E-state index in [0.29, 0.717) is 6.54 Å². The lowest BCUT2D eigenvalue weighted by Gasteiger charge is -2.23. The first kappa shape index (κ1) is 9.92. The second kappa shape index (κ2) is 4.77. The minimum atomic E-state index is -0.257. The third-order valence-electron chi connectivity index (χ3n) is 1.99. The molecule has 1 rings (SSSR count). The summed E-state index contributed by atoms with van der Waals surface area (Å²) in [6.07, 6.45) is 3.56. The standard InChI is InChI=1S/C9H13NO3/c1-13-9(12)6-10-4-2-3-8(5-10)7-11/h3,7H,2,4-6H2,1H3. The van der Waals surface area contributed by atoms with Crippen LogP contribution >= 0.6 is 0 Å². The number of rotatable bonds is 3. The number of ether oxygens (including phenoxy) is 1. The van der Waals surface area contributed by atoms with Crippen LogP contribution < -0.4 is 0 Å². The maximum atomic E-state index is 10.9. The highest BCUT2D eigenvalue weighted by molar-refractivity contribution is 5.75. The Kier molecular flexibility index (Phi) is 3.64. The monoisotopic (exact) mass is 183 g/mol. The highest BCUT2D eigenvalue weighted by Gasteiger charge is 2.14. The van der Waals surface area contributed by atoms with E-state index >= 15 is 0 Å². The first-order valence-corrected chi connectivity index (χ1v) is 4.19. The topological polar surface area (TPSA) is 46.6 Å². The third-order valence-corrected chi connectivity index (χ3v) is 1.99. The maximum absolute atomic E-state index is 10.9. The van der Waals surface area contributed by atoms with Crippen molar-refractivity contribution in [3.05, 3.63) is 11.6 Å². The highest BCUT2D eigenvalue weighted by atomic mass is 16.5. The lowest BCUT2D eigenvalue weighted by molar-refractivity contribution is -0.141. The number of hydrogen-bond acceptors (Lipinski definition) is 4. The lowest BCUT2D eigenvalue weighted by atomic mass is 10.1. The summed E-state index contributed by atoms with van der Waals surface area (Å²) in [5.41, 5.74) is 0.746. The first-order valence-electron chi connectivity index (χ1n) is 4.19. The van der Waals surface area contributed by atoms with Crippen LogP contribution in [-0.4, -0.2) is 43.9 Å². The summed E-state index contributed by atoms with van der Waals surface area (Å²) in [7, 11) is 1.36. The summed E-state index contributed by atoms with van der Waals surface area (Å²) in [5, 5.41) is 0. The molecular formula is C9H13NO3. The molecule has 0 atom stereocenters. The third kappa shape index (κ3) is 2.99. The van der Waals surface area contributed by atoms with Crippen LogP contribution in [0.15, 0.2) is 11.6 Å². The van der Waals surface area contributed by atoms with Crippen molar-refractivity contribution >= 4 is 12.3 Å². The predicted molar refractivity (Wildman–Crippen MR) is 47.2 cm³/mol. The summed E-state index contributed by atoms with van der Waals surface area (Å²) in [5.74, 6) is -0.257. The SMILES string of the molecule is COC(=O)CN1CCC=C(C=O)C1. The van der Waals surface area contributed by atoms with E-state index in [0.717, 1.165) is 24.8 Å². The molecule has 4 heteroatoms. The Balaban J connectivity index is 2.42. The second-order valence-electron chi connectivity index (χ2n) is 2.97. The fraction of sp³-hybridized carbons (Fsp3) is 0.556. The molecule has 0 aromatic rings. The molecule has 0 unspecified atom stereocenters. The molecule has 72 valence electrons. The zero-order valence-electron chi connectivity index (χ0n) is 7.66. The Hall–Kier alpha value is -1.16. The molecule has 0 aromatic carbocycles. The Morgan fingerprint density at radius 1 is 1.77 bits per heavy atom. The number of carbonyl (C=O) groups is 2. The van der Waals surface area contributed by atoms with Gasteiger partial charge in [-0.15, -0.1) is 0 Å². The molecule has 0 amide bonds. The van der Waals surface area contributed by atoms with Crippen LogP contribution in [0.4, 0.5) is 0 Å². The zero-order chi connectivity index (χ0) is 9.68. The minimum absolute atomic E-state index is 0.257. The van der Waals surface area contributed by atoms with Crippen molar-refractivity contribution in [2.24, 2.45) is 0 Å². The number of esters is 1. The molecule has 1 heterocycles. The van der Waals surface area contributed by atoms with Crippen LogP contribution in [0.3, 0.4) is 0 Å². The van der Waals surface area contributed by atoms with Crippen LogP contribution in [-0.2, 0) is 14.3 Å². The van der Waals surface area contributed by atoms with Gasteiger partial charge < -0.3 is 4.74 Å². The van der Waals surface area contributed by atoms with Crippen LogP contribution in [0.1, 0.15) is 6.42 Å². The molecule has 0 aromatic heterocycles. The van der Waals surface area contributed by atoms with Gasteiger partial charge in [-0.3, -0.25) is 14.5 Å². The molecule has 0 saturated heterocycles. The predicted octanol–water partition coefficient (Wildman–Crippen LogP) is -0.00960. The fourth-order valence-corrected chi connectivity index (χ4v) is 1.30. The number of carbonyl (C=O) groups excluding carboxylic acids is 2. The van der Waals surface area contributed by atoms with Gasteiger partial charge in [-0.05, 0) is 6.42 Å². The van der Waals surface area contributed by atoms with Crippen LogP contribution in [0, 0.1) is 0 Å². The number of methoxy groups -OCH3 is 1. The number of hydrogen-bond donors (Lipinski definition) is 0. The number of aldehydes is 1. The minimum Gasteiger partial charge on any atom is -0.468 e. The summed E-state index contributed by atoms with van der Waals surface area (Å²) >= 11 is 0. The van der Waals surface area contributed by atoms with E-state index in [1.165, 1.54) is 7.11 Å². The maximum Gasteiger partial charge on any atom is 0.319 e. The Morgan fingerprint density at radius 2 is 2.54 bits per heavy atom. The normalized spacial score (nSPS) is 17.8. The van der Waals surface area contributed by atoms with Gasteiger partial charge in [0.15, 0.2) is 0 Å². The average Bonchev–Trinajstić information content (AvgIpc) is 2.18. The number of nitrogens with zero attached hydrogens (tertiary/aromatic N) is 1. The van der Waals surface area contributed by atoms with Crippen LogP contribution in [0.2, 0.25) is 0 Å². The molecule has 4 nitrogen and oxygen atoms in total. The molecule has 13 heavy (non-hydrogen) atoms. The van der Waals surface area contributed by atoms with E-state index in [9.17, 15) is 9.59 Å². The van der Waals surface area contributed by atoms with Gasteiger partial charge in [0, 0.05) is 18.7 Å². The largest absolute Gasteiger partial charge is 0.468 e. The summed E-state index contributed by atoms with van der Waals surface area (Å²) in [6, 6.07) is 0. The van der Waals surface area contributed by atoms with E-state index in [4.69, 9.17) is 0 Å². The van der Waals surface area contributed by atoms with Gasteiger partial charge in [0.25, 0.3) is 0 Å². The second-order valence-corrected chi connectivity index (χ2v) is 2.97. The van der Waals surface area contributed by atoms with Gasteiger partial charge in [-0.25, -0.2) is 0 Å². The van der Waals surface area contributed by atoms with E-state index in [2.05, 4.69) is 4.74 Å². The zero-order valence-corrected chi connectivity index (χ0v) is 7.66. The van der Waals surface area contributed by atoms with Crippen molar-refractivity contribution in [2.75, 3.05) is 26.7 Å². The van der Waals surface area contributed by atoms with Crippen molar-refractivity contribution < 1.29 is 14.3 Å². The van der Waals surface area contributed by atoms with Crippen molar-refractivity contribution in [1.82, 2.24) is 4.90 Å².